The van der Waals surface area contributed by atoms with Gasteiger partial charge < -0.3 is 20.1 Å². The highest BCUT2D eigenvalue weighted by molar-refractivity contribution is 7.92. The molecule has 0 saturated carbocycles. The van der Waals surface area contributed by atoms with E-state index < -0.39 is 16.0 Å². The Morgan fingerprint density at radius 2 is 1.74 bits per heavy atom. The van der Waals surface area contributed by atoms with Gasteiger partial charge in [-0.1, -0.05) is 23.7 Å². The van der Waals surface area contributed by atoms with Gasteiger partial charge in [-0.25, -0.2) is 18.2 Å². The minimum Gasteiger partial charge on any atom is -0.482 e. The number of halogens is 1. The van der Waals surface area contributed by atoms with Crippen molar-refractivity contribution in [1.82, 2.24) is 9.97 Å². The second-order valence-electron chi connectivity index (χ2n) is 7.41. The Hall–Kier alpha value is -3.57. The molecule has 34 heavy (non-hydrogen) atoms. The number of aromatic nitrogens is 2. The van der Waals surface area contributed by atoms with Crippen LogP contribution in [-0.4, -0.2) is 43.3 Å². The monoisotopic (exact) mass is 505 g/mol. The topological polar surface area (TPSA) is 132 Å². The number of sulfonamides is 1. The average molecular weight is 506 g/mol. The summed E-state index contributed by atoms with van der Waals surface area (Å²) in [5.41, 5.74) is 1.49. The van der Waals surface area contributed by atoms with Crippen molar-refractivity contribution in [3.05, 3.63) is 59.8 Å². The fourth-order valence-electron chi connectivity index (χ4n) is 2.73. The molecule has 3 N–H and O–H groups in total. The molecule has 0 fully saturated rings. The molecule has 0 bridgehead atoms. The molecule has 0 atom stereocenters. The lowest BCUT2D eigenvalue weighted by Gasteiger charge is -2.14. The number of rotatable bonds is 10. The summed E-state index contributed by atoms with van der Waals surface area (Å²) in [4.78, 5) is 20.1. The summed E-state index contributed by atoms with van der Waals surface area (Å²) in [6, 6.07) is 13.6. The number of hydrogen-bond donors (Lipinski definition) is 3. The molecule has 180 valence electrons. The van der Waals surface area contributed by atoms with Crippen molar-refractivity contribution in [2.45, 2.75) is 20.0 Å². The lowest BCUT2D eigenvalue weighted by atomic mass is 10.2. The average Bonchev–Trinajstić information content (AvgIpc) is 2.75. The van der Waals surface area contributed by atoms with Crippen LogP contribution in [0.4, 0.5) is 28.8 Å². The molecule has 0 spiro atoms. The molecule has 0 aliphatic heterocycles. The van der Waals surface area contributed by atoms with Gasteiger partial charge in [-0.05, 0) is 50.2 Å². The van der Waals surface area contributed by atoms with Crippen molar-refractivity contribution < 1.29 is 22.7 Å². The molecular formula is C22H24ClN5O5S. The van der Waals surface area contributed by atoms with Gasteiger partial charge in [-0.15, -0.1) is 0 Å². The first-order valence-electron chi connectivity index (χ1n) is 10.1. The molecule has 3 aromatic rings. The zero-order valence-corrected chi connectivity index (χ0v) is 20.3. The van der Waals surface area contributed by atoms with E-state index >= 15 is 0 Å². The molecular weight excluding hydrogens is 482 g/mol. The minimum absolute atomic E-state index is 0.185. The number of nitrogens with one attached hydrogen (secondary N) is 3. The van der Waals surface area contributed by atoms with Gasteiger partial charge in [0, 0.05) is 5.69 Å². The Labute approximate surface area is 202 Å². The molecule has 12 heteroatoms. The van der Waals surface area contributed by atoms with Crippen LogP contribution in [0.25, 0.3) is 0 Å². The molecule has 2 aromatic carbocycles. The quantitative estimate of drug-likeness (QED) is 0.344. The van der Waals surface area contributed by atoms with Gasteiger partial charge in [0.2, 0.25) is 16.0 Å². The Morgan fingerprint density at radius 1 is 1.06 bits per heavy atom. The Morgan fingerprint density at radius 3 is 2.38 bits per heavy atom. The van der Waals surface area contributed by atoms with Crippen molar-refractivity contribution in [1.29, 1.82) is 0 Å². The number of nitrogens with zero attached hydrogens (tertiary/aromatic N) is 2. The molecule has 1 heterocycles. The van der Waals surface area contributed by atoms with Crippen molar-refractivity contribution in [3.8, 4) is 5.75 Å². The maximum absolute atomic E-state index is 11.6. The molecule has 10 nitrogen and oxygen atoms in total. The highest BCUT2D eigenvalue weighted by atomic mass is 35.5. The van der Waals surface area contributed by atoms with E-state index in [1.54, 1.807) is 62.4 Å². The summed E-state index contributed by atoms with van der Waals surface area (Å²) in [6.45, 7) is 3.35. The van der Waals surface area contributed by atoms with E-state index in [0.29, 0.717) is 22.8 Å². The van der Waals surface area contributed by atoms with E-state index in [1.807, 2.05) is 0 Å². The van der Waals surface area contributed by atoms with Crippen molar-refractivity contribution >= 4 is 56.4 Å². The number of carbonyl (C=O) groups is 1. The number of anilines is 5. The largest absolute Gasteiger partial charge is 0.482 e. The third kappa shape index (κ3) is 7.78. The standard InChI is InChI=1S/C22H24ClN5O5S/c1-14(2)33-20(29)13-32-16-10-8-15(9-11-16)25-22-24-12-17(23)21(27-22)26-18-6-4-5-7-19(18)28-34(3,30)31/h4-12,14,28H,13H2,1-3H3,(H2,24,25,26,27). The molecule has 0 amide bonds. The van der Waals surface area contributed by atoms with Crippen molar-refractivity contribution in [2.75, 3.05) is 28.2 Å². The normalized spacial score (nSPS) is 11.1. The predicted molar refractivity (Wildman–Crippen MR) is 132 cm³/mol. The van der Waals surface area contributed by atoms with Gasteiger partial charge in [0.15, 0.2) is 12.4 Å². The SMILES string of the molecule is CC(C)OC(=O)COc1ccc(Nc2ncc(Cl)c(Nc3ccccc3NS(C)(=O)=O)n2)cc1. The van der Waals surface area contributed by atoms with Crippen molar-refractivity contribution in [2.24, 2.45) is 0 Å². The van der Waals surface area contributed by atoms with Crippen molar-refractivity contribution in [3.63, 3.8) is 0 Å². The maximum atomic E-state index is 11.6. The van der Waals surface area contributed by atoms with Gasteiger partial charge in [-0.3, -0.25) is 4.72 Å². The minimum atomic E-state index is -3.47. The highest BCUT2D eigenvalue weighted by Crippen LogP contribution is 2.29. The number of benzene rings is 2. The molecule has 0 aliphatic carbocycles. The molecule has 0 aliphatic rings. The van der Waals surface area contributed by atoms with Crippen LogP contribution in [0.5, 0.6) is 5.75 Å². The number of carbonyl (C=O) groups excluding carboxylic acids is 1. The maximum Gasteiger partial charge on any atom is 0.344 e. The van der Waals surface area contributed by atoms with E-state index in [-0.39, 0.29) is 29.5 Å². The van der Waals surface area contributed by atoms with Crippen LogP contribution in [0, 0.1) is 0 Å². The van der Waals surface area contributed by atoms with E-state index in [4.69, 9.17) is 21.1 Å². The van der Waals surface area contributed by atoms with Crippen LogP contribution < -0.4 is 20.1 Å². The van der Waals surface area contributed by atoms with Gasteiger partial charge in [0.25, 0.3) is 0 Å². The van der Waals surface area contributed by atoms with Gasteiger partial charge in [-0.2, -0.15) is 4.98 Å². The van der Waals surface area contributed by atoms with E-state index in [1.165, 1.54) is 6.20 Å². The third-order valence-corrected chi connectivity index (χ3v) is 4.92. The van der Waals surface area contributed by atoms with Crippen LogP contribution in [0.1, 0.15) is 13.8 Å². The summed E-state index contributed by atoms with van der Waals surface area (Å²) >= 11 is 6.24. The summed E-state index contributed by atoms with van der Waals surface area (Å²) in [5.74, 6) is 0.598. The summed E-state index contributed by atoms with van der Waals surface area (Å²) in [5, 5.41) is 6.32. The Kier molecular flexibility index (Phi) is 8.13. The second kappa shape index (κ2) is 11.0. The number of esters is 1. The smallest absolute Gasteiger partial charge is 0.344 e. The van der Waals surface area contributed by atoms with Crippen LogP contribution in [0.3, 0.4) is 0 Å². The summed E-state index contributed by atoms with van der Waals surface area (Å²) in [6.07, 6.45) is 2.28. The number of para-hydroxylation sites is 2. The van der Waals surface area contributed by atoms with Crippen LogP contribution in [-0.2, 0) is 19.6 Å². The van der Waals surface area contributed by atoms with E-state index in [9.17, 15) is 13.2 Å². The summed E-state index contributed by atoms with van der Waals surface area (Å²) < 4.78 is 36.2. The first-order chi connectivity index (χ1) is 16.1. The lowest BCUT2D eigenvalue weighted by Crippen LogP contribution is -2.18. The number of hydrogen-bond acceptors (Lipinski definition) is 9. The Balaban J connectivity index is 1.69. The summed E-state index contributed by atoms with van der Waals surface area (Å²) in [7, 11) is -3.47. The molecule has 0 saturated heterocycles. The molecule has 1 aromatic heterocycles. The molecule has 0 unspecified atom stereocenters. The molecule has 3 rings (SSSR count). The highest BCUT2D eigenvalue weighted by Gasteiger charge is 2.12. The lowest BCUT2D eigenvalue weighted by molar-refractivity contribution is -0.149. The number of ether oxygens (including phenoxy) is 2. The fourth-order valence-corrected chi connectivity index (χ4v) is 3.44. The molecule has 0 radical (unpaired) electrons. The zero-order valence-electron chi connectivity index (χ0n) is 18.7. The fraction of sp³-hybridized carbons (Fsp3) is 0.227. The second-order valence-corrected chi connectivity index (χ2v) is 9.57. The predicted octanol–water partition coefficient (Wildman–Crippen LogP) is 4.32. The van der Waals surface area contributed by atoms with Crippen LogP contribution >= 0.6 is 11.6 Å². The van der Waals surface area contributed by atoms with Gasteiger partial charge in [0.1, 0.15) is 10.8 Å². The zero-order chi connectivity index (χ0) is 24.7. The first kappa shape index (κ1) is 25.1. The van der Waals surface area contributed by atoms with E-state index in [2.05, 4.69) is 25.3 Å². The van der Waals surface area contributed by atoms with Crippen LogP contribution in [0.15, 0.2) is 54.7 Å². The first-order valence-corrected chi connectivity index (χ1v) is 12.4. The van der Waals surface area contributed by atoms with Gasteiger partial charge >= 0.3 is 5.97 Å². The Bertz CT molecular complexity index is 1250. The third-order valence-electron chi connectivity index (χ3n) is 4.05. The van der Waals surface area contributed by atoms with Crippen LogP contribution in [0.2, 0.25) is 5.02 Å². The van der Waals surface area contributed by atoms with E-state index in [0.717, 1.165) is 6.26 Å². The van der Waals surface area contributed by atoms with Gasteiger partial charge in [0.05, 0.1) is 29.9 Å².